The van der Waals surface area contributed by atoms with Gasteiger partial charge in [0.05, 0.1) is 16.0 Å². The molecule has 1 rings (SSSR count). The van der Waals surface area contributed by atoms with Gasteiger partial charge in [0.2, 0.25) is 0 Å². The quantitative estimate of drug-likeness (QED) is 0.658. The maximum atomic E-state index is 11.5. The molecule has 0 bridgehead atoms. The molecule has 98 valence electrons. The maximum Gasteiger partial charge on any atom is 0.273 e. The predicted molar refractivity (Wildman–Crippen MR) is 66.9 cm³/mol. The number of carbonyl (C=O) groups is 1. The molecule has 7 heteroatoms. The molecule has 1 unspecified atom stereocenters. The average Bonchev–Trinajstić information content (AvgIpc) is 2.31. The Balaban J connectivity index is 2.86. The van der Waals surface area contributed by atoms with Gasteiger partial charge in [0.1, 0.15) is 5.75 Å². The van der Waals surface area contributed by atoms with Gasteiger partial charge >= 0.3 is 0 Å². The van der Waals surface area contributed by atoms with E-state index in [0.29, 0.717) is 6.54 Å². The van der Waals surface area contributed by atoms with E-state index in [0.717, 1.165) is 0 Å². The van der Waals surface area contributed by atoms with Crippen molar-refractivity contribution in [1.29, 1.82) is 0 Å². The lowest BCUT2D eigenvalue weighted by Gasteiger charge is -2.14. The monoisotopic (exact) mass is 272 g/mol. The molecule has 18 heavy (non-hydrogen) atoms. The highest BCUT2D eigenvalue weighted by Crippen LogP contribution is 2.29. The first-order valence-electron chi connectivity index (χ1n) is 5.34. The molecule has 1 amide bonds. The first-order valence-corrected chi connectivity index (χ1v) is 5.71. The summed E-state index contributed by atoms with van der Waals surface area (Å²) in [5, 5.41) is 13.4. The minimum atomic E-state index is -0.774. The summed E-state index contributed by atoms with van der Waals surface area (Å²) >= 11 is 5.85. The van der Waals surface area contributed by atoms with Gasteiger partial charge in [0, 0.05) is 12.6 Å². The number of halogens is 1. The van der Waals surface area contributed by atoms with E-state index in [2.05, 4.69) is 5.32 Å². The molecule has 6 nitrogen and oxygen atoms in total. The van der Waals surface area contributed by atoms with E-state index in [-0.39, 0.29) is 22.4 Å². The van der Waals surface area contributed by atoms with Crippen LogP contribution in [-0.4, -0.2) is 23.5 Å². The second-order valence-corrected chi connectivity index (χ2v) is 3.93. The summed E-state index contributed by atoms with van der Waals surface area (Å²) < 4.78 is 5.30. The second-order valence-electron chi connectivity index (χ2n) is 3.53. The van der Waals surface area contributed by atoms with Crippen LogP contribution in [0.5, 0.6) is 5.75 Å². The summed E-state index contributed by atoms with van der Waals surface area (Å²) in [5.41, 5.74) is -0.141. The molecule has 0 spiro atoms. The van der Waals surface area contributed by atoms with E-state index in [1.165, 1.54) is 18.2 Å². The highest BCUT2D eigenvalue weighted by Gasteiger charge is 2.17. The van der Waals surface area contributed by atoms with E-state index in [4.69, 9.17) is 16.3 Å². The van der Waals surface area contributed by atoms with Crippen molar-refractivity contribution in [2.45, 2.75) is 20.0 Å². The van der Waals surface area contributed by atoms with Crippen molar-refractivity contribution >= 4 is 23.2 Å². The van der Waals surface area contributed by atoms with Crippen LogP contribution in [-0.2, 0) is 4.79 Å². The van der Waals surface area contributed by atoms with Crippen molar-refractivity contribution in [3.8, 4) is 5.75 Å². The van der Waals surface area contributed by atoms with Crippen LogP contribution in [0.15, 0.2) is 18.2 Å². The summed E-state index contributed by atoms with van der Waals surface area (Å²) in [6.07, 6.45) is -0.774. The van der Waals surface area contributed by atoms with Crippen LogP contribution in [0.3, 0.4) is 0 Å². The Labute approximate surface area is 109 Å². The zero-order valence-electron chi connectivity index (χ0n) is 9.97. The maximum absolute atomic E-state index is 11.5. The third-order valence-electron chi connectivity index (χ3n) is 2.15. The molecule has 0 aliphatic heterocycles. The summed E-state index contributed by atoms with van der Waals surface area (Å²) in [7, 11) is 0. The normalized spacial score (nSPS) is 11.7. The first-order chi connectivity index (χ1) is 8.45. The van der Waals surface area contributed by atoms with Crippen LogP contribution < -0.4 is 10.1 Å². The van der Waals surface area contributed by atoms with Gasteiger partial charge in [-0.1, -0.05) is 11.6 Å². The predicted octanol–water partition coefficient (Wildman–Crippen LogP) is 2.15. The summed E-state index contributed by atoms with van der Waals surface area (Å²) in [6, 6.07) is 3.82. The Morgan fingerprint density at radius 3 is 2.83 bits per heavy atom. The van der Waals surface area contributed by atoms with E-state index >= 15 is 0 Å². The van der Waals surface area contributed by atoms with E-state index in [1.54, 1.807) is 13.8 Å². The number of amides is 1. The molecule has 0 aromatic heterocycles. The zero-order chi connectivity index (χ0) is 13.7. The SMILES string of the molecule is CCNC(=O)C(C)Oc1cc([N+](=O)[O-])ccc1Cl. The van der Waals surface area contributed by atoms with Crippen molar-refractivity contribution in [3.05, 3.63) is 33.3 Å². The molecule has 0 aliphatic carbocycles. The highest BCUT2D eigenvalue weighted by molar-refractivity contribution is 6.32. The Bertz CT molecular complexity index is 464. The summed E-state index contributed by atoms with van der Waals surface area (Å²) in [4.78, 5) is 21.5. The van der Waals surface area contributed by atoms with Gasteiger partial charge in [-0.25, -0.2) is 0 Å². The van der Waals surface area contributed by atoms with Crippen LogP contribution in [0.1, 0.15) is 13.8 Å². The van der Waals surface area contributed by atoms with Crippen molar-refractivity contribution in [1.82, 2.24) is 5.32 Å². The zero-order valence-corrected chi connectivity index (χ0v) is 10.7. The van der Waals surface area contributed by atoms with Gasteiger partial charge in [-0.05, 0) is 19.9 Å². The second kappa shape index (κ2) is 6.20. The summed E-state index contributed by atoms with van der Waals surface area (Å²) in [5.74, 6) is -0.190. The third-order valence-corrected chi connectivity index (χ3v) is 2.46. The Kier molecular flexibility index (Phi) is 4.91. The van der Waals surface area contributed by atoms with Crippen LogP contribution in [0.25, 0.3) is 0 Å². The number of likely N-dealkylation sites (N-methyl/N-ethyl adjacent to an activating group) is 1. The average molecular weight is 273 g/mol. The van der Waals surface area contributed by atoms with Crippen LogP contribution in [0, 0.1) is 10.1 Å². The van der Waals surface area contributed by atoms with Crippen molar-refractivity contribution in [3.63, 3.8) is 0 Å². The lowest BCUT2D eigenvalue weighted by molar-refractivity contribution is -0.384. The van der Waals surface area contributed by atoms with Crippen molar-refractivity contribution < 1.29 is 14.5 Å². The fourth-order valence-electron chi connectivity index (χ4n) is 1.26. The third kappa shape index (κ3) is 3.59. The molecule has 0 radical (unpaired) electrons. The molecular weight excluding hydrogens is 260 g/mol. The molecule has 1 N–H and O–H groups in total. The largest absolute Gasteiger partial charge is 0.479 e. The number of nitrogens with zero attached hydrogens (tertiary/aromatic N) is 1. The number of benzene rings is 1. The molecular formula is C11H13ClN2O4. The molecule has 1 atom stereocenters. The number of nitrogens with one attached hydrogen (secondary N) is 1. The molecule has 0 saturated heterocycles. The smallest absolute Gasteiger partial charge is 0.273 e. The van der Waals surface area contributed by atoms with Gasteiger partial charge in [-0.3, -0.25) is 14.9 Å². The number of nitro benzene ring substituents is 1. The highest BCUT2D eigenvalue weighted by atomic mass is 35.5. The first kappa shape index (κ1) is 14.2. The van der Waals surface area contributed by atoms with Crippen molar-refractivity contribution in [2.75, 3.05) is 6.54 Å². The number of carbonyl (C=O) groups excluding carboxylic acids is 1. The van der Waals surface area contributed by atoms with Gasteiger partial charge in [-0.15, -0.1) is 0 Å². The van der Waals surface area contributed by atoms with Crippen LogP contribution in [0.4, 0.5) is 5.69 Å². The molecule has 1 aromatic rings. The lowest BCUT2D eigenvalue weighted by atomic mass is 10.3. The topological polar surface area (TPSA) is 81.5 Å². The standard InChI is InChI=1S/C11H13ClN2O4/c1-3-13-11(15)7(2)18-10-6-8(14(16)17)4-5-9(10)12/h4-7H,3H2,1-2H3,(H,13,15). The minimum absolute atomic E-state index is 0.115. The Morgan fingerprint density at radius 1 is 1.61 bits per heavy atom. The van der Waals surface area contributed by atoms with Gasteiger partial charge in [-0.2, -0.15) is 0 Å². The van der Waals surface area contributed by atoms with Crippen LogP contribution >= 0.6 is 11.6 Å². The number of non-ortho nitro benzene ring substituents is 1. The minimum Gasteiger partial charge on any atom is -0.479 e. The van der Waals surface area contributed by atoms with Gasteiger partial charge in [0.15, 0.2) is 6.10 Å². The van der Waals surface area contributed by atoms with E-state index < -0.39 is 11.0 Å². The summed E-state index contributed by atoms with van der Waals surface area (Å²) in [6.45, 7) is 3.81. The van der Waals surface area contributed by atoms with E-state index in [9.17, 15) is 14.9 Å². The van der Waals surface area contributed by atoms with Crippen LogP contribution in [0.2, 0.25) is 5.02 Å². The Hall–Kier alpha value is -1.82. The van der Waals surface area contributed by atoms with E-state index in [1.807, 2.05) is 0 Å². The molecule has 1 aromatic carbocycles. The van der Waals surface area contributed by atoms with Crippen molar-refractivity contribution in [2.24, 2.45) is 0 Å². The number of nitro groups is 1. The fraction of sp³-hybridized carbons (Fsp3) is 0.364. The molecule has 0 heterocycles. The number of hydrogen-bond acceptors (Lipinski definition) is 4. The molecule has 0 aliphatic rings. The molecule has 0 saturated carbocycles. The van der Waals surface area contributed by atoms with Gasteiger partial charge in [0.25, 0.3) is 11.6 Å². The van der Waals surface area contributed by atoms with Gasteiger partial charge < -0.3 is 10.1 Å². The Morgan fingerprint density at radius 2 is 2.28 bits per heavy atom. The number of rotatable bonds is 5. The lowest BCUT2D eigenvalue weighted by Crippen LogP contribution is -2.36. The number of hydrogen-bond donors (Lipinski definition) is 1. The number of ether oxygens (including phenoxy) is 1. The fourth-order valence-corrected chi connectivity index (χ4v) is 1.42. The molecule has 0 fully saturated rings.